The summed E-state index contributed by atoms with van der Waals surface area (Å²) in [5.41, 5.74) is 0. The molecule has 0 saturated heterocycles. The fourth-order valence-electron chi connectivity index (χ4n) is 1.70. The molecule has 6 heteroatoms. The largest absolute Gasteiger partial charge is 0.358 e. The molecule has 1 aromatic heterocycles. The van der Waals surface area contributed by atoms with Gasteiger partial charge in [0.2, 0.25) is 5.91 Å². The molecule has 0 aliphatic heterocycles. The fraction of sp³-hybridized carbons (Fsp3) is 0.583. The zero-order valence-corrected chi connectivity index (χ0v) is 11.5. The van der Waals surface area contributed by atoms with Crippen LogP contribution >= 0.6 is 11.6 Å². The van der Waals surface area contributed by atoms with E-state index in [9.17, 15) is 4.79 Å². The average Bonchev–Trinajstić information content (AvgIpc) is 3.10. The van der Waals surface area contributed by atoms with Gasteiger partial charge >= 0.3 is 0 Å². The Morgan fingerprint density at radius 1 is 1.50 bits per heavy atom. The molecule has 18 heavy (non-hydrogen) atoms. The van der Waals surface area contributed by atoms with E-state index in [1.165, 1.54) is 0 Å². The summed E-state index contributed by atoms with van der Waals surface area (Å²) in [4.78, 5) is 21.9. The van der Waals surface area contributed by atoms with Gasteiger partial charge in [-0.3, -0.25) is 4.79 Å². The van der Waals surface area contributed by atoms with Gasteiger partial charge in [0.05, 0.1) is 0 Å². The number of halogens is 1. The SMILES string of the molecule is C[C@H](Nc1cc(Cl)nc(C2CC2)n1)C(=O)N(C)C. The molecule has 0 spiro atoms. The van der Waals surface area contributed by atoms with Gasteiger partial charge in [0.1, 0.15) is 22.8 Å². The number of rotatable bonds is 4. The van der Waals surface area contributed by atoms with Crippen LogP contribution in [0.3, 0.4) is 0 Å². The lowest BCUT2D eigenvalue weighted by molar-refractivity contribution is -0.129. The van der Waals surface area contributed by atoms with Crippen molar-refractivity contribution >= 4 is 23.3 Å². The molecule has 1 fully saturated rings. The Kier molecular flexibility index (Phi) is 3.71. The van der Waals surface area contributed by atoms with Crippen LogP contribution < -0.4 is 5.32 Å². The zero-order valence-electron chi connectivity index (χ0n) is 10.8. The standard InChI is InChI=1S/C12H17ClN4O/c1-7(12(18)17(2)3)14-10-6-9(13)15-11(16-10)8-4-5-8/h6-8H,4-5H2,1-3H3,(H,14,15,16)/t7-/m0/s1. The highest BCUT2D eigenvalue weighted by Crippen LogP contribution is 2.38. The van der Waals surface area contributed by atoms with Crippen molar-refractivity contribution in [1.29, 1.82) is 0 Å². The number of likely N-dealkylation sites (N-methyl/N-ethyl adjacent to an activating group) is 1. The Balaban J connectivity index is 2.11. The highest BCUT2D eigenvalue weighted by atomic mass is 35.5. The maximum absolute atomic E-state index is 11.8. The minimum absolute atomic E-state index is 0.00212. The van der Waals surface area contributed by atoms with Gasteiger partial charge in [-0.2, -0.15) is 0 Å². The third-order valence-electron chi connectivity index (χ3n) is 2.83. The van der Waals surface area contributed by atoms with Crippen molar-refractivity contribution in [3.05, 3.63) is 17.0 Å². The van der Waals surface area contributed by atoms with E-state index in [0.29, 0.717) is 16.9 Å². The molecule has 0 aromatic carbocycles. The third-order valence-corrected chi connectivity index (χ3v) is 3.02. The van der Waals surface area contributed by atoms with Gasteiger partial charge in [0, 0.05) is 26.1 Å². The molecule has 1 aliphatic carbocycles. The van der Waals surface area contributed by atoms with Gasteiger partial charge in [-0.25, -0.2) is 9.97 Å². The van der Waals surface area contributed by atoms with Crippen molar-refractivity contribution in [2.75, 3.05) is 19.4 Å². The minimum Gasteiger partial charge on any atom is -0.358 e. The molecule has 1 N–H and O–H groups in total. The van der Waals surface area contributed by atoms with E-state index in [4.69, 9.17) is 11.6 Å². The first-order valence-corrected chi connectivity index (χ1v) is 6.37. The molecule has 2 rings (SSSR count). The van der Waals surface area contributed by atoms with Crippen LogP contribution in [0.15, 0.2) is 6.07 Å². The number of nitrogens with zero attached hydrogens (tertiary/aromatic N) is 3. The van der Waals surface area contributed by atoms with E-state index < -0.39 is 0 Å². The summed E-state index contributed by atoms with van der Waals surface area (Å²) >= 11 is 5.96. The number of anilines is 1. The summed E-state index contributed by atoms with van der Waals surface area (Å²) in [5.74, 6) is 1.82. The van der Waals surface area contributed by atoms with Crippen LogP contribution in [0.4, 0.5) is 5.82 Å². The smallest absolute Gasteiger partial charge is 0.244 e. The number of hydrogen-bond acceptors (Lipinski definition) is 4. The third kappa shape index (κ3) is 3.10. The van der Waals surface area contributed by atoms with Crippen LogP contribution in [-0.4, -0.2) is 40.9 Å². The second-order valence-corrected chi connectivity index (χ2v) is 5.19. The summed E-state index contributed by atoms with van der Waals surface area (Å²) in [7, 11) is 3.45. The molecule has 1 aromatic rings. The molecule has 1 saturated carbocycles. The van der Waals surface area contributed by atoms with Gasteiger partial charge in [-0.15, -0.1) is 0 Å². The number of carbonyl (C=O) groups is 1. The van der Waals surface area contributed by atoms with Crippen molar-refractivity contribution in [2.45, 2.75) is 31.7 Å². The summed E-state index contributed by atoms with van der Waals surface area (Å²) < 4.78 is 0. The first kappa shape index (κ1) is 13.1. The van der Waals surface area contributed by atoms with Crippen LogP contribution in [0.25, 0.3) is 0 Å². The molecule has 98 valence electrons. The van der Waals surface area contributed by atoms with Crippen LogP contribution in [0.2, 0.25) is 5.15 Å². The first-order chi connectivity index (χ1) is 8.47. The van der Waals surface area contributed by atoms with E-state index in [0.717, 1.165) is 18.7 Å². The average molecular weight is 269 g/mol. The molecule has 0 radical (unpaired) electrons. The second kappa shape index (κ2) is 5.10. The van der Waals surface area contributed by atoms with E-state index in [1.807, 2.05) is 0 Å². The Morgan fingerprint density at radius 2 is 2.17 bits per heavy atom. The molecule has 1 heterocycles. The summed E-state index contributed by atoms with van der Waals surface area (Å²) in [6, 6.07) is 1.31. The van der Waals surface area contributed by atoms with Gasteiger partial charge in [0.15, 0.2) is 0 Å². The van der Waals surface area contributed by atoms with Crippen molar-refractivity contribution in [2.24, 2.45) is 0 Å². The van der Waals surface area contributed by atoms with Crippen molar-refractivity contribution < 1.29 is 4.79 Å². The highest BCUT2D eigenvalue weighted by molar-refractivity contribution is 6.29. The lowest BCUT2D eigenvalue weighted by Gasteiger charge is -2.18. The highest BCUT2D eigenvalue weighted by Gasteiger charge is 2.27. The van der Waals surface area contributed by atoms with Crippen LogP contribution in [0.5, 0.6) is 0 Å². The number of nitrogens with one attached hydrogen (secondary N) is 1. The predicted molar refractivity (Wildman–Crippen MR) is 70.8 cm³/mol. The van der Waals surface area contributed by atoms with E-state index in [-0.39, 0.29) is 11.9 Å². The molecular formula is C12H17ClN4O. The van der Waals surface area contributed by atoms with E-state index in [1.54, 1.807) is 32.0 Å². The molecule has 1 atom stereocenters. The summed E-state index contributed by atoms with van der Waals surface area (Å²) in [6.07, 6.45) is 2.23. The monoisotopic (exact) mass is 268 g/mol. The lowest BCUT2D eigenvalue weighted by Crippen LogP contribution is -2.36. The lowest BCUT2D eigenvalue weighted by atomic mass is 10.3. The molecule has 5 nitrogen and oxygen atoms in total. The van der Waals surface area contributed by atoms with E-state index in [2.05, 4.69) is 15.3 Å². The van der Waals surface area contributed by atoms with Gasteiger partial charge in [-0.05, 0) is 19.8 Å². The molecule has 0 unspecified atom stereocenters. The number of amides is 1. The second-order valence-electron chi connectivity index (χ2n) is 4.81. The van der Waals surface area contributed by atoms with Crippen LogP contribution in [-0.2, 0) is 4.79 Å². The molecule has 1 aliphatic rings. The Labute approximate surface area is 112 Å². The van der Waals surface area contributed by atoms with Crippen molar-refractivity contribution in [1.82, 2.24) is 14.9 Å². The predicted octanol–water partition coefficient (Wildman–Crippen LogP) is 1.90. The normalized spacial score (nSPS) is 16.2. The van der Waals surface area contributed by atoms with Crippen LogP contribution in [0, 0.1) is 0 Å². The topological polar surface area (TPSA) is 58.1 Å². The molecular weight excluding hydrogens is 252 g/mol. The van der Waals surface area contributed by atoms with Gasteiger partial charge < -0.3 is 10.2 Å². The summed E-state index contributed by atoms with van der Waals surface area (Å²) in [6.45, 7) is 1.80. The Bertz CT molecular complexity index is 459. The number of carbonyl (C=O) groups excluding carboxylic acids is 1. The first-order valence-electron chi connectivity index (χ1n) is 5.99. The number of hydrogen-bond donors (Lipinski definition) is 1. The Hall–Kier alpha value is -1.36. The molecule has 0 bridgehead atoms. The summed E-state index contributed by atoms with van der Waals surface area (Å²) in [5, 5.41) is 3.48. The van der Waals surface area contributed by atoms with Gasteiger partial charge in [-0.1, -0.05) is 11.6 Å². The van der Waals surface area contributed by atoms with Gasteiger partial charge in [0.25, 0.3) is 0 Å². The fourth-order valence-corrected chi connectivity index (χ4v) is 1.89. The van der Waals surface area contributed by atoms with Crippen molar-refractivity contribution in [3.63, 3.8) is 0 Å². The zero-order chi connectivity index (χ0) is 13.3. The number of aromatic nitrogens is 2. The van der Waals surface area contributed by atoms with Crippen molar-refractivity contribution in [3.8, 4) is 0 Å². The van der Waals surface area contributed by atoms with Crippen LogP contribution in [0.1, 0.15) is 31.5 Å². The molecule has 1 amide bonds. The maximum atomic E-state index is 11.8. The quantitative estimate of drug-likeness (QED) is 0.848. The maximum Gasteiger partial charge on any atom is 0.244 e. The minimum atomic E-state index is -0.335. The Morgan fingerprint density at radius 3 is 2.72 bits per heavy atom. The van der Waals surface area contributed by atoms with E-state index >= 15 is 0 Å².